The number of rotatable bonds is 7. The van der Waals surface area contributed by atoms with Gasteiger partial charge < -0.3 is 10.6 Å². The predicted octanol–water partition coefficient (Wildman–Crippen LogP) is 2.37. The summed E-state index contributed by atoms with van der Waals surface area (Å²) in [6.45, 7) is 2.70. The van der Waals surface area contributed by atoms with Crippen LogP contribution in [0.1, 0.15) is 28.4 Å². The molecule has 1 aromatic heterocycles. The largest absolute Gasteiger partial charge is 0.350 e. The summed E-state index contributed by atoms with van der Waals surface area (Å²) in [5.74, 6) is -0.495. The molecule has 2 N–H and O–H groups in total. The molecule has 6 nitrogen and oxygen atoms in total. The number of hydrogen-bond donors (Lipinski definition) is 2. The van der Waals surface area contributed by atoms with Crippen molar-refractivity contribution in [2.45, 2.75) is 26.1 Å². The second kappa shape index (κ2) is 8.80. The molecule has 0 fully saturated rings. The Morgan fingerprint density at radius 3 is 2.41 bits per heavy atom. The zero-order valence-electron chi connectivity index (χ0n) is 15.1. The van der Waals surface area contributed by atoms with E-state index in [1.807, 2.05) is 47.3 Å². The van der Waals surface area contributed by atoms with Crippen LogP contribution in [-0.4, -0.2) is 27.6 Å². The quantitative estimate of drug-likeness (QED) is 0.677. The van der Waals surface area contributed by atoms with Gasteiger partial charge in [-0.3, -0.25) is 14.3 Å². The Morgan fingerprint density at radius 2 is 1.70 bits per heavy atom. The number of aromatic nitrogens is 2. The van der Waals surface area contributed by atoms with E-state index in [0.717, 1.165) is 11.1 Å². The molecule has 0 saturated heterocycles. The molecular formula is C21H22N4O2. The summed E-state index contributed by atoms with van der Waals surface area (Å²) >= 11 is 0. The molecule has 0 aliphatic rings. The van der Waals surface area contributed by atoms with E-state index in [0.29, 0.717) is 18.7 Å². The van der Waals surface area contributed by atoms with Crippen LogP contribution in [0.4, 0.5) is 0 Å². The fourth-order valence-corrected chi connectivity index (χ4v) is 2.72. The lowest BCUT2D eigenvalue weighted by atomic mass is 10.1. The Hall–Kier alpha value is -3.41. The summed E-state index contributed by atoms with van der Waals surface area (Å²) in [7, 11) is 0. The summed E-state index contributed by atoms with van der Waals surface area (Å²) in [4.78, 5) is 24.5. The zero-order valence-corrected chi connectivity index (χ0v) is 15.1. The van der Waals surface area contributed by atoms with Crippen molar-refractivity contribution in [3.63, 3.8) is 0 Å². The first-order chi connectivity index (χ1) is 13.1. The molecule has 3 aromatic rings. The summed E-state index contributed by atoms with van der Waals surface area (Å²) in [5.41, 5.74) is 2.63. The molecule has 0 radical (unpaired) electrons. The van der Waals surface area contributed by atoms with Crippen molar-refractivity contribution >= 4 is 11.8 Å². The fourth-order valence-electron chi connectivity index (χ4n) is 2.72. The maximum Gasteiger partial charge on any atom is 0.251 e. The van der Waals surface area contributed by atoms with Gasteiger partial charge in [-0.2, -0.15) is 5.10 Å². The SMILES string of the molecule is C[C@H](NC(=O)c1ccccc1)C(=O)NCc1ccccc1Cn1cccn1. The van der Waals surface area contributed by atoms with Gasteiger partial charge in [0.1, 0.15) is 6.04 Å². The molecule has 6 heteroatoms. The first-order valence-electron chi connectivity index (χ1n) is 8.81. The number of hydrogen-bond acceptors (Lipinski definition) is 3. The standard InChI is InChI=1S/C21H22N4O2/c1-16(24-21(27)17-8-3-2-4-9-17)20(26)22-14-18-10-5-6-11-19(18)15-25-13-7-12-23-25/h2-13,16H,14-15H2,1H3,(H,22,26)(H,24,27)/t16-/m0/s1. The lowest BCUT2D eigenvalue weighted by molar-refractivity contribution is -0.122. The highest BCUT2D eigenvalue weighted by atomic mass is 16.2. The minimum absolute atomic E-state index is 0.229. The molecule has 0 unspecified atom stereocenters. The number of amides is 2. The second-order valence-electron chi connectivity index (χ2n) is 6.25. The van der Waals surface area contributed by atoms with Gasteiger partial charge in [-0.25, -0.2) is 0 Å². The average Bonchev–Trinajstić information content (AvgIpc) is 3.20. The molecular weight excluding hydrogens is 340 g/mol. The van der Waals surface area contributed by atoms with E-state index in [9.17, 15) is 9.59 Å². The topological polar surface area (TPSA) is 76.0 Å². The molecule has 0 saturated carbocycles. The molecule has 1 atom stereocenters. The van der Waals surface area contributed by atoms with E-state index < -0.39 is 6.04 Å². The molecule has 0 aliphatic heterocycles. The fraction of sp³-hybridized carbons (Fsp3) is 0.190. The van der Waals surface area contributed by atoms with Gasteiger partial charge in [0.2, 0.25) is 5.91 Å². The van der Waals surface area contributed by atoms with Crippen LogP contribution < -0.4 is 10.6 Å². The number of carbonyl (C=O) groups is 2. The summed E-state index contributed by atoms with van der Waals surface area (Å²) in [5, 5.41) is 9.83. The third-order valence-electron chi connectivity index (χ3n) is 4.24. The summed E-state index contributed by atoms with van der Waals surface area (Å²) in [6, 6.07) is 18.0. The Labute approximate surface area is 158 Å². The van der Waals surface area contributed by atoms with E-state index in [4.69, 9.17) is 0 Å². The van der Waals surface area contributed by atoms with Gasteiger partial charge in [0.15, 0.2) is 0 Å². The van der Waals surface area contributed by atoms with Crippen LogP contribution in [0.5, 0.6) is 0 Å². The van der Waals surface area contributed by atoms with Gasteiger partial charge in [0, 0.05) is 24.5 Å². The van der Waals surface area contributed by atoms with Crippen LogP contribution in [0.3, 0.4) is 0 Å². The van der Waals surface area contributed by atoms with Crippen molar-refractivity contribution in [2.24, 2.45) is 0 Å². The van der Waals surface area contributed by atoms with Crippen molar-refractivity contribution in [1.29, 1.82) is 0 Å². The van der Waals surface area contributed by atoms with Crippen molar-refractivity contribution in [3.8, 4) is 0 Å². The van der Waals surface area contributed by atoms with Crippen molar-refractivity contribution < 1.29 is 9.59 Å². The third kappa shape index (κ3) is 5.04. The minimum atomic E-state index is -0.629. The van der Waals surface area contributed by atoms with Crippen LogP contribution in [0.15, 0.2) is 73.1 Å². The van der Waals surface area contributed by atoms with E-state index in [-0.39, 0.29) is 11.8 Å². The summed E-state index contributed by atoms with van der Waals surface area (Å²) in [6.07, 6.45) is 3.64. The lowest BCUT2D eigenvalue weighted by Gasteiger charge is -2.15. The monoisotopic (exact) mass is 362 g/mol. The molecule has 0 aliphatic carbocycles. The third-order valence-corrected chi connectivity index (χ3v) is 4.24. The molecule has 1 heterocycles. The van der Waals surface area contributed by atoms with Crippen molar-refractivity contribution in [1.82, 2.24) is 20.4 Å². The lowest BCUT2D eigenvalue weighted by Crippen LogP contribution is -2.44. The average molecular weight is 362 g/mol. The second-order valence-corrected chi connectivity index (χ2v) is 6.25. The van der Waals surface area contributed by atoms with E-state index >= 15 is 0 Å². The Morgan fingerprint density at radius 1 is 1.00 bits per heavy atom. The molecule has 2 amide bonds. The highest BCUT2D eigenvalue weighted by Crippen LogP contribution is 2.10. The minimum Gasteiger partial charge on any atom is -0.350 e. The normalized spacial score (nSPS) is 11.6. The maximum absolute atomic E-state index is 12.4. The maximum atomic E-state index is 12.4. The molecule has 0 spiro atoms. The molecule has 0 bridgehead atoms. The number of benzene rings is 2. The van der Waals surface area contributed by atoms with Gasteiger partial charge in [-0.05, 0) is 36.2 Å². The Kier molecular flexibility index (Phi) is 5.99. The number of nitrogens with one attached hydrogen (secondary N) is 2. The zero-order chi connectivity index (χ0) is 19.1. The van der Waals surface area contributed by atoms with Gasteiger partial charge >= 0.3 is 0 Å². The van der Waals surface area contributed by atoms with Gasteiger partial charge in [0.25, 0.3) is 5.91 Å². The van der Waals surface area contributed by atoms with Crippen LogP contribution >= 0.6 is 0 Å². The molecule has 2 aromatic carbocycles. The molecule has 27 heavy (non-hydrogen) atoms. The van der Waals surface area contributed by atoms with Crippen LogP contribution in [0.2, 0.25) is 0 Å². The van der Waals surface area contributed by atoms with Gasteiger partial charge in [0.05, 0.1) is 6.54 Å². The van der Waals surface area contributed by atoms with Gasteiger partial charge in [-0.1, -0.05) is 42.5 Å². The molecule has 138 valence electrons. The number of nitrogens with zero attached hydrogens (tertiary/aromatic N) is 2. The van der Waals surface area contributed by atoms with Crippen LogP contribution in [0.25, 0.3) is 0 Å². The van der Waals surface area contributed by atoms with Crippen molar-refractivity contribution in [2.75, 3.05) is 0 Å². The predicted molar refractivity (Wildman–Crippen MR) is 103 cm³/mol. The van der Waals surface area contributed by atoms with Crippen LogP contribution in [-0.2, 0) is 17.9 Å². The van der Waals surface area contributed by atoms with Crippen molar-refractivity contribution in [3.05, 3.63) is 89.7 Å². The highest BCUT2D eigenvalue weighted by molar-refractivity contribution is 5.97. The van der Waals surface area contributed by atoms with Gasteiger partial charge in [-0.15, -0.1) is 0 Å². The highest BCUT2D eigenvalue weighted by Gasteiger charge is 2.16. The van der Waals surface area contributed by atoms with E-state index in [1.54, 1.807) is 37.4 Å². The Balaban J connectivity index is 1.56. The van der Waals surface area contributed by atoms with E-state index in [2.05, 4.69) is 15.7 Å². The Bertz CT molecular complexity index is 892. The first kappa shape index (κ1) is 18.4. The van der Waals surface area contributed by atoms with Crippen LogP contribution in [0, 0.1) is 0 Å². The first-order valence-corrected chi connectivity index (χ1v) is 8.81. The summed E-state index contributed by atoms with van der Waals surface area (Å²) < 4.78 is 1.84. The number of carbonyl (C=O) groups excluding carboxylic acids is 2. The smallest absolute Gasteiger partial charge is 0.251 e. The molecule has 3 rings (SSSR count). The van der Waals surface area contributed by atoms with E-state index in [1.165, 1.54) is 0 Å².